The minimum atomic E-state index is -3.56. The molecule has 0 heterocycles. The van der Waals surface area contributed by atoms with E-state index in [1.165, 1.54) is 6.92 Å². The van der Waals surface area contributed by atoms with E-state index >= 15 is 0 Å². The van der Waals surface area contributed by atoms with Crippen molar-refractivity contribution in [2.24, 2.45) is 5.14 Å². The fourth-order valence-corrected chi connectivity index (χ4v) is 2.75. The van der Waals surface area contributed by atoms with Crippen LogP contribution >= 0.6 is 27.5 Å². The highest BCUT2D eigenvalue weighted by Crippen LogP contribution is 2.29. The van der Waals surface area contributed by atoms with Crippen molar-refractivity contribution in [3.8, 4) is 0 Å². The minimum absolute atomic E-state index is 0.544. The summed E-state index contributed by atoms with van der Waals surface area (Å²) in [5.74, 6) is 0. The molecule has 0 aromatic heterocycles. The number of rotatable bonds is 2. The summed E-state index contributed by atoms with van der Waals surface area (Å²) >= 11 is 8.96. The van der Waals surface area contributed by atoms with Crippen molar-refractivity contribution < 1.29 is 8.42 Å². The summed E-state index contributed by atoms with van der Waals surface area (Å²) in [5.41, 5.74) is 0.608. The van der Waals surface area contributed by atoms with Gasteiger partial charge in [0, 0.05) is 9.50 Å². The summed E-state index contributed by atoms with van der Waals surface area (Å²) in [6.07, 6.45) is 0. The molecule has 0 aliphatic heterocycles. The number of hydrogen-bond donors (Lipinski definition) is 1. The van der Waals surface area contributed by atoms with Gasteiger partial charge < -0.3 is 0 Å². The Morgan fingerprint density at radius 1 is 1.50 bits per heavy atom. The lowest BCUT2D eigenvalue weighted by atomic mass is 10.2. The van der Waals surface area contributed by atoms with Crippen LogP contribution in [0, 0.1) is 0 Å². The second-order valence-electron chi connectivity index (χ2n) is 2.90. The third kappa shape index (κ3) is 2.70. The van der Waals surface area contributed by atoms with Crippen LogP contribution in [0.5, 0.6) is 0 Å². The highest BCUT2D eigenvalue weighted by atomic mass is 79.9. The van der Waals surface area contributed by atoms with Gasteiger partial charge in [0.2, 0.25) is 10.0 Å². The Morgan fingerprint density at radius 2 is 2.07 bits per heavy atom. The van der Waals surface area contributed by atoms with Crippen LogP contribution in [0.1, 0.15) is 17.7 Å². The van der Waals surface area contributed by atoms with Gasteiger partial charge in [0.25, 0.3) is 0 Å². The van der Waals surface area contributed by atoms with E-state index < -0.39 is 15.3 Å². The van der Waals surface area contributed by atoms with Gasteiger partial charge in [-0.2, -0.15) is 0 Å². The summed E-state index contributed by atoms with van der Waals surface area (Å²) in [5, 5.41) is 4.84. The lowest BCUT2D eigenvalue weighted by Gasteiger charge is -2.11. The smallest absolute Gasteiger partial charge is 0.215 e. The van der Waals surface area contributed by atoms with Gasteiger partial charge in [-0.05, 0) is 24.6 Å². The van der Waals surface area contributed by atoms with Gasteiger partial charge in [-0.1, -0.05) is 33.6 Å². The first-order chi connectivity index (χ1) is 6.32. The number of nitrogens with two attached hydrogens (primary N) is 1. The molecule has 78 valence electrons. The van der Waals surface area contributed by atoms with Crippen LogP contribution in [0.15, 0.2) is 22.7 Å². The summed E-state index contributed by atoms with van der Waals surface area (Å²) in [7, 11) is -3.56. The molecule has 1 aromatic rings. The molecule has 0 aliphatic rings. The van der Waals surface area contributed by atoms with E-state index in [9.17, 15) is 8.42 Å². The van der Waals surface area contributed by atoms with Crippen LogP contribution in [-0.4, -0.2) is 8.42 Å². The van der Waals surface area contributed by atoms with Crippen LogP contribution in [0.2, 0.25) is 5.02 Å². The average molecular weight is 299 g/mol. The third-order valence-electron chi connectivity index (χ3n) is 1.89. The van der Waals surface area contributed by atoms with E-state index in [1.807, 2.05) is 0 Å². The van der Waals surface area contributed by atoms with Gasteiger partial charge in [0.05, 0.1) is 5.25 Å². The predicted molar refractivity (Wildman–Crippen MR) is 60.7 cm³/mol. The molecule has 2 N–H and O–H groups in total. The minimum Gasteiger partial charge on any atom is -0.228 e. The zero-order chi connectivity index (χ0) is 10.9. The molecule has 3 nitrogen and oxygen atoms in total. The first kappa shape index (κ1) is 12.0. The number of sulfonamides is 1. The quantitative estimate of drug-likeness (QED) is 0.911. The molecule has 6 heteroatoms. The van der Waals surface area contributed by atoms with Crippen LogP contribution < -0.4 is 5.14 Å². The van der Waals surface area contributed by atoms with Crippen LogP contribution in [0.25, 0.3) is 0 Å². The Balaban J connectivity index is 3.21. The SMILES string of the molecule is C[C@H](c1ccc(Cl)cc1Br)S(N)(=O)=O. The van der Waals surface area contributed by atoms with E-state index in [0.717, 1.165) is 0 Å². The topological polar surface area (TPSA) is 60.2 Å². The lowest BCUT2D eigenvalue weighted by molar-refractivity contribution is 0.588. The molecular weight excluding hydrogens is 290 g/mol. The van der Waals surface area contributed by atoms with E-state index in [0.29, 0.717) is 15.1 Å². The van der Waals surface area contributed by atoms with Crippen LogP contribution in [-0.2, 0) is 10.0 Å². The largest absolute Gasteiger partial charge is 0.228 e. The molecule has 0 amide bonds. The number of halogens is 2. The maximum Gasteiger partial charge on any atom is 0.215 e. The van der Waals surface area contributed by atoms with Gasteiger partial charge in [-0.15, -0.1) is 0 Å². The van der Waals surface area contributed by atoms with E-state index in [4.69, 9.17) is 16.7 Å². The normalized spacial score (nSPS) is 14.0. The molecular formula is C8H9BrClNO2S. The Kier molecular flexibility index (Phi) is 3.58. The van der Waals surface area contributed by atoms with Gasteiger partial charge in [-0.25, -0.2) is 13.6 Å². The Bertz CT molecular complexity index is 447. The zero-order valence-electron chi connectivity index (χ0n) is 7.37. The number of hydrogen-bond acceptors (Lipinski definition) is 2. The summed E-state index contributed by atoms with van der Waals surface area (Å²) < 4.78 is 22.8. The molecule has 0 saturated heterocycles. The Morgan fingerprint density at radius 3 is 2.50 bits per heavy atom. The molecule has 14 heavy (non-hydrogen) atoms. The second-order valence-corrected chi connectivity index (χ2v) is 6.07. The average Bonchev–Trinajstić information content (AvgIpc) is 2.01. The molecule has 0 unspecified atom stereocenters. The first-order valence-electron chi connectivity index (χ1n) is 3.79. The first-order valence-corrected chi connectivity index (χ1v) is 6.57. The van der Waals surface area contributed by atoms with Crippen molar-refractivity contribution in [1.82, 2.24) is 0 Å². The summed E-state index contributed by atoms with van der Waals surface area (Å²) in [4.78, 5) is 0. The van der Waals surface area contributed by atoms with Crippen molar-refractivity contribution in [3.63, 3.8) is 0 Å². The highest BCUT2D eigenvalue weighted by Gasteiger charge is 2.20. The van der Waals surface area contributed by atoms with Crippen molar-refractivity contribution in [1.29, 1.82) is 0 Å². The molecule has 0 saturated carbocycles. The second kappa shape index (κ2) is 4.18. The number of benzene rings is 1. The Labute approximate surface area is 96.4 Å². The molecule has 0 spiro atoms. The molecule has 1 atom stereocenters. The molecule has 0 bridgehead atoms. The van der Waals surface area contributed by atoms with E-state index in [1.54, 1.807) is 18.2 Å². The molecule has 1 aromatic carbocycles. The summed E-state index contributed by atoms with van der Waals surface area (Å²) in [6.45, 7) is 1.53. The fourth-order valence-electron chi connectivity index (χ4n) is 1.01. The summed E-state index contributed by atoms with van der Waals surface area (Å²) in [6, 6.07) is 4.91. The molecule has 0 fully saturated rings. The zero-order valence-corrected chi connectivity index (χ0v) is 10.5. The lowest BCUT2D eigenvalue weighted by Crippen LogP contribution is -2.19. The maximum absolute atomic E-state index is 11.1. The van der Waals surface area contributed by atoms with Gasteiger partial charge >= 0.3 is 0 Å². The van der Waals surface area contributed by atoms with Gasteiger partial charge in [0.1, 0.15) is 0 Å². The van der Waals surface area contributed by atoms with E-state index in [2.05, 4.69) is 15.9 Å². The molecule has 0 radical (unpaired) electrons. The fraction of sp³-hybridized carbons (Fsp3) is 0.250. The molecule has 1 rings (SSSR count). The number of primary sulfonamides is 1. The van der Waals surface area contributed by atoms with Crippen molar-refractivity contribution >= 4 is 37.6 Å². The molecule has 0 aliphatic carbocycles. The van der Waals surface area contributed by atoms with Crippen molar-refractivity contribution in [2.45, 2.75) is 12.2 Å². The maximum atomic E-state index is 11.1. The Hall–Kier alpha value is -0.100. The van der Waals surface area contributed by atoms with Gasteiger partial charge in [-0.3, -0.25) is 0 Å². The highest BCUT2D eigenvalue weighted by molar-refractivity contribution is 9.10. The predicted octanol–water partition coefficient (Wildman–Crippen LogP) is 2.45. The van der Waals surface area contributed by atoms with Crippen LogP contribution in [0.4, 0.5) is 0 Å². The van der Waals surface area contributed by atoms with E-state index in [-0.39, 0.29) is 0 Å². The van der Waals surface area contributed by atoms with Crippen molar-refractivity contribution in [2.75, 3.05) is 0 Å². The van der Waals surface area contributed by atoms with Crippen LogP contribution in [0.3, 0.4) is 0 Å². The standard InChI is InChI=1S/C8H9BrClNO2S/c1-5(14(11,12)13)7-3-2-6(10)4-8(7)9/h2-5H,1H3,(H2,11,12,13)/t5-/m1/s1. The van der Waals surface area contributed by atoms with Gasteiger partial charge in [0.15, 0.2) is 0 Å². The third-order valence-corrected chi connectivity index (χ3v) is 4.05. The monoisotopic (exact) mass is 297 g/mol. The van der Waals surface area contributed by atoms with Crippen molar-refractivity contribution in [3.05, 3.63) is 33.3 Å².